The Morgan fingerprint density at radius 3 is 2.75 bits per heavy atom. The Bertz CT molecular complexity index is 990. The van der Waals surface area contributed by atoms with E-state index in [-0.39, 0.29) is 6.54 Å². The van der Waals surface area contributed by atoms with Gasteiger partial charge in [-0.1, -0.05) is 41.9 Å². The normalized spacial score (nSPS) is 10.8. The zero-order valence-electron chi connectivity index (χ0n) is 15.2. The maximum atomic E-state index is 12.0. The van der Waals surface area contributed by atoms with Crippen molar-refractivity contribution in [1.29, 1.82) is 0 Å². The van der Waals surface area contributed by atoms with Crippen molar-refractivity contribution in [2.75, 3.05) is 14.2 Å². The summed E-state index contributed by atoms with van der Waals surface area (Å²) in [7, 11) is 3.00. The molecule has 28 heavy (non-hydrogen) atoms. The summed E-state index contributed by atoms with van der Waals surface area (Å²) >= 11 is 6.13. The maximum Gasteiger partial charge on any atom is 0.263 e. The molecule has 1 N–H and O–H groups in total. The van der Waals surface area contributed by atoms with Gasteiger partial charge in [-0.2, -0.15) is 9.90 Å². The van der Waals surface area contributed by atoms with E-state index >= 15 is 0 Å². The highest BCUT2D eigenvalue weighted by atomic mass is 35.5. The van der Waals surface area contributed by atoms with E-state index in [1.54, 1.807) is 12.1 Å². The predicted octanol–water partition coefficient (Wildman–Crippen LogP) is 2.16. The summed E-state index contributed by atoms with van der Waals surface area (Å²) in [5.74, 6) is 0.927. The highest BCUT2D eigenvalue weighted by Gasteiger charge is 2.11. The molecular formula is C18H17ClN6O3. The number of nitrogens with zero attached hydrogens (tertiary/aromatic N) is 5. The van der Waals surface area contributed by atoms with Gasteiger partial charge in [-0.25, -0.2) is 5.43 Å². The van der Waals surface area contributed by atoms with E-state index in [4.69, 9.17) is 21.1 Å². The van der Waals surface area contributed by atoms with Gasteiger partial charge in [0, 0.05) is 5.56 Å². The molecule has 0 radical (unpaired) electrons. The Labute approximate surface area is 165 Å². The molecule has 1 amide bonds. The molecule has 3 rings (SSSR count). The van der Waals surface area contributed by atoms with Crippen LogP contribution in [0.1, 0.15) is 5.56 Å². The molecule has 10 heteroatoms. The zero-order chi connectivity index (χ0) is 19.9. The number of amides is 1. The molecule has 3 aromatic rings. The summed E-state index contributed by atoms with van der Waals surface area (Å²) in [6, 6.07) is 12.7. The first-order chi connectivity index (χ1) is 13.6. The number of hydrazone groups is 1. The van der Waals surface area contributed by atoms with Crippen LogP contribution in [0.15, 0.2) is 47.6 Å². The fourth-order valence-electron chi connectivity index (χ4n) is 2.37. The van der Waals surface area contributed by atoms with Crippen molar-refractivity contribution in [1.82, 2.24) is 25.6 Å². The smallest absolute Gasteiger partial charge is 0.263 e. The molecule has 0 fully saturated rings. The predicted molar refractivity (Wildman–Crippen MR) is 104 cm³/mol. The van der Waals surface area contributed by atoms with Crippen LogP contribution in [0.25, 0.3) is 11.4 Å². The summed E-state index contributed by atoms with van der Waals surface area (Å²) in [4.78, 5) is 13.2. The van der Waals surface area contributed by atoms with Crippen LogP contribution in [-0.4, -0.2) is 46.5 Å². The van der Waals surface area contributed by atoms with Gasteiger partial charge < -0.3 is 9.47 Å². The summed E-state index contributed by atoms with van der Waals surface area (Å²) in [6.07, 6.45) is 1.44. The fraction of sp³-hybridized carbons (Fsp3) is 0.167. The van der Waals surface area contributed by atoms with Crippen molar-refractivity contribution in [3.63, 3.8) is 0 Å². The van der Waals surface area contributed by atoms with Crippen LogP contribution in [-0.2, 0) is 11.3 Å². The second kappa shape index (κ2) is 8.96. The Balaban J connectivity index is 1.60. The summed E-state index contributed by atoms with van der Waals surface area (Å²) < 4.78 is 10.4. The number of hydrogen-bond acceptors (Lipinski definition) is 7. The van der Waals surface area contributed by atoms with Gasteiger partial charge in [0.2, 0.25) is 5.82 Å². The van der Waals surface area contributed by atoms with Gasteiger partial charge in [-0.3, -0.25) is 4.79 Å². The van der Waals surface area contributed by atoms with Crippen LogP contribution >= 0.6 is 11.6 Å². The third-order valence-corrected chi connectivity index (χ3v) is 3.91. The average Bonchev–Trinajstić information content (AvgIpc) is 3.16. The molecule has 0 atom stereocenters. The lowest BCUT2D eigenvalue weighted by atomic mass is 10.2. The van der Waals surface area contributed by atoms with Crippen LogP contribution in [0.5, 0.6) is 11.5 Å². The molecule has 0 aliphatic carbocycles. The van der Waals surface area contributed by atoms with Crippen LogP contribution in [0.2, 0.25) is 5.02 Å². The van der Waals surface area contributed by atoms with E-state index in [0.717, 1.165) is 5.56 Å². The summed E-state index contributed by atoms with van der Waals surface area (Å²) in [5, 5.41) is 16.3. The number of carbonyl (C=O) groups excluding carboxylic acids is 1. The lowest BCUT2D eigenvalue weighted by Gasteiger charge is -2.09. The largest absolute Gasteiger partial charge is 0.493 e. The number of carbonyl (C=O) groups is 1. The number of rotatable bonds is 7. The van der Waals surface area contributed by atoms with Gasteiger partial charge in [-0.15, -0.1) is 10.2 Å². The van der Waals surface area contributed by atoms with Crippen LogP contribution in [0.4, 0.5) is 0 Å². The minimum absolute atomic E-state index is 0.121. The van der Waals surface area contributed by atoms with E-state index in [2.05, 4.69) is 25.9 Å². The van der Waals surface area contributed by atoms with Crippen molar-refractivity contribution >= 4 is 23.7 Å². The van der Waals surface area contributed by atoms with E-state index in [1.807, 2.05) is 30.3 Å². The molecule has 0 spiro atoms. The Kier molecular flexibility index (Phi) is 6.18. The molecular weight excluding hydrogens is 384 g/mol. The van der Waals surface area contributed by atoms with Gasteiger partial charge >= 0.3 is 0 Å². The molecule has 0 bridgehead atoms. The standard InChI is InChI=1S/C18H17ClN6O3/c1-27-15-9-12(8-14(19)17(15)28-2)10-20-21-16(26)11-25-23-18(22-24-25)13-6-4-3-5-7-13/h3-10H,11H2,1-2H3,(H,21,26)/b20-10+. The number of hydrogen-bond donors (Lipinski definition) is 1. The van der Waals surface area contributed by atoms with Crippen molar-refractivity contribution in [2.24, 2.45) is 5.10 Å². The molecule has 144 valence electrons. The number of methoxy groups -OCH3 is 2. The topological polar surface area (TPSA) is 104 Å². The van der Waals surface area contributed by atoms with Gasteiger partial charge in [-0.05, 0) is 22.9 Å². The minimum atomic E-state index is -0.403. The number of tetrazole rings is 1. The van der Waals surface area contributed by atoms with Gasteiger partial charge in [0.25, 0.3) is 5.91 Å². The molecule has 2 aromatic carbocycles. The van der Waals surface area contributed by atoms with Crippen LogP contribution < -0.4 is 14.9 Å². The van der Waals surface area contributed by atoms with Crippen LogP contribution in [0.3, 0.4) is 0 Å². The Morgan fingerprint density at radius 2 is 2.04 bits per heavy atom. The number of ether oxygens (including phenoxy) is 2. The van der Waals surface area contributed by atoms with Crippen LogP contribution in [0, 0.1) is 0 Å². The first-order valence-corrected chi connectivity index (χ1v) is 8.55. The molecule has 0 aliphatic rings. The first-order valence-electron chi connectivity index (χ1n) is 8.17. The Morgan fingerprint density at radius 1 is 1.25 bits per heavy atom. The number of halogens is 1. The van der Waals surface area contributed by atoms with E-state index in [9.17, 15) is 4.79 Å². The molecule has 0 saturated carbocycles. The molecule has 0 unspecified atom stereocenters. The van der Waals surface area contributed by atoms with Gasteiger partial charge in [0.05, 0.1) is 25.5 Å². The van der Waals surface area contributed by atoms with Gasteiger partial charge in [0.1, 0.15) is 6.54 Å². The van der Waals surface area contributed by atoms with Crippen molar-refractivity contribution in [3.05, 3.63) is 53.1 Å². The second-order valence-electron chi connectivity index (χ2n) is 5.54. The Hall–Kier alpha value is -3.46. The SMILES string of the molecule is COc1cc(/C=N/NC(=O)Cn2nnc(-c3ccccc3)n2)cc(Cl)c1OC. The molecule has 0 aliphatic heterocycles. The molecule has 1 aromatic heterocycles. The highest BCUT2D eigenvalue weighted by molar-refractivity contribution is 6.32. The molecule has 0 saturated heterocycles. The third kappa shape index (κ3) is 4.63. The minimum Gasteiger partial charge on any atom is -0.493 e. The first kappa shape index (κ1) is 19.3. The quantitative estimate of drug-likeness (QED) is 0.481. The monoisotopic (exact) mass is 400 g/mol. The summed E-state index contributed by atoms with van der Waals surface area (Å²) in [6.45, 7) is -0.121. The van der Waals surface area contributed by atoms with E-state index in [1.165, 1.54) is 25.2 Å². The fourth-order valence-corrected chi connectivity index (χ4v) is 2.66. The lowest BCUT2D eigenvalue weighted by molar-refractivity contribution is -0.122. The third-order valence-electron chi connectivity index (χ3n) is 3.63. The average molecular weight is 401 g/mol. The van der Waals surface area contributed by atoms with E-state index in [0.29, 0.717) is 27.9 Å². The van der Waals surface area contributed by atoms with E-state index < -0.39 is 5.91 Å². The molecule has 1 heterocycles. The lowest BCUT2D eigenvalue weighted by Crippen LogP contribution is -2.24. The van der Waals surface area contributed by atoms with Crippen molar-refractivity contribution < 1.29 is 14.3 Å². The molecule has 9 nitrogen and oxygen atoms in total. The zero-order valence-corrected chi connectivity index (χ0v) is 15.9. The highest BCUT2D eigenvalue weighted by Crippen LogP contribution is 2.35. The summed E-state index contributed by atoms with van der Waals surface area (Å²) in [5.41, 5.74) is 3.85. The van der Waals surface area contributed by atoms with Crippen molar-refractivity contribution in [2.45, 2.75) is 6.54 Å². The number of aromatic nitrogens is 4. The van der Waals surface area contributed by atoms with Crippen molar-refractivity contribution in [3.8, 4) is 22.9 Å². The number of nitrogens with one attached hydrogen (secondary N) is 1. The maximum absolute atomic E-state index is 12.0. The second-order valence-corrected chi connectivity index (χ2v) is 5.95. The van der Waals surface area contributed by atoms with Gasteiger partial charge in [0.15, 0.2) is 11.5 Å². The number of benzene rings is 2.